The SMILES string of the molecule is C=CCOC(=O)CC(c1ccc(Cl)cc1)N(C=O)[C@H](OC)c1c(C)cc([C@](O)(CC)C2CCOCC2)cc1F. The number of hydrogen-bond donors (Lipinski definition) is 1. The number of amides is 1. The Bertz CT molecular complexity index is 1110. The summed E-state index contributed by atoms with van der Waals surface area (Å²) in [6.07, 6.45) is 2.38. The maximum atomic E-state index is 15.9. The molecular weight excluding hydrogens is 525 g/mol. The molecule has 0 saturated carbocycles. The highest BCUT2D eigenvalue weighted by Crippen LogP contribution is 2.42. The molecule has 1 aliphatic heterocycles. The third kappa shape index (κ3) is 7.06. The van der Waals surface area contributed by atoms with E-state index in [1.54, 1.807) is 37.3 Å². The molecule has 7 nitrogen and oxygen atoms in total. The van der Waals surface area contributed by atoms with Gasteiger partial charge in [-0.05, 0) is 67.0 Å². The molecule has 0 aliphatic carbocycles. The van der Waals surface area contributed by atoms with Crippen molar-refractivity contribution in [3.05, 3.63) is 82.1 Å². The Morgan fingerprint density at radius 2 is 1.97 bits per heavy atom. The number of methoxy groups -OCH3 is 1. The average molecular weight is 562 g/mol. The van der Waals surface area contributed by atoms with Crippen LogP contribution >= 0.6 is 11.6 Å². The smallest absolute Gasteiger partial charge is 0.308 e. The van der Waals surface area contributed by atoms with Gasteiger partial charge in [-0.1, -0.05) is 49.4 Å². The minimum Gasteiger partial charge on any atom is -0.461 e. The lowest BCUT2D eigenvalue weighted by Crippen LogP contribution is -2.39. The molecule has 1 unspecified atom stereocenters. The van der Waals surface area contributed by atoms with E-state index in [-0.39, 0.29) is 24.5 Å². The van der Waals surface area contributed by atoms with Crippen LogP contribution in [0.15, 0.2) is 49.1 Å². The molecule has 3 rings (SSSR count). The van der Waals surface area contributed by atoms with E-state index in [1.165, 1.54) is 24.2 Å². The molecule has 3 atom stereocenters. The number of nitrogens with zero attached hydrogens (tertiary/aromatic N) is 1. The summed E-state index contributed by atoms with van der Waals surface area (Å²) in [5.41, 5.74) is 0.495. The highest BCUT2D eigenvalue weighted by molar-refractivity contribution is 6.30. The van der Waals surface area contributed by atoms with Crippen molar-refractivity contribution in [3.8, 4) is 0 Å². The zero-order valence-corrected chi connectivity index (χ0v) is 23.5. The lowest BCUT2D eigenvalue weighted by Gasteiger charge is -2.39. The maximum absolute atomic E-state index is 15.9. The van der Waals surface area contributed by atoms with Gasteiger partial charge in [-0.2, -0.15) is 0 Å². The van der Waals surface area contributed by atoms with Crippen molar-refractivity contribution < 1.29 is 33.3 Å². The number of ether oxygens (including phenoxy) is 3. The molecule has 1 aliphatic rings. The number of esters is 1. The lowest BCUT2D eigenvalue weighted by molar-refractivity contribution is -0.148. The third-order valence-corrected chi connectivity index (χ3v) is 7.72. The quantitative estimate of drug-likeness (QED) is 0.144. The summed E-state index contributed by atoms with van der Waals surface area (Å²) in [5.74, 6) is -1.25. The lowest BCUT2D eigenvalue weighted by atomic mass is 9.74. The standard InChI is InChI=1S/C30H37ClFNO6/c1-5-13-39-27(35)18-26(21-7-9-24(31)10-8-21)33(19-34)29(37-4)28-20(3)16-23(17-25(28)32)30(36,6-2)22-11-14-38-15-12-22/h5,7-10,16-17,19,22,26,29,36H,1,6,11-15,18H2,2-4H3/t26?,29-,30+/m1/s1. The summed E-state index contributed by atoms with van der Waals surface area (Å²) in [7, 11) is 1.37. The largest absolute Gasteiger partial charge is 0.461 e. The van der Waals surface area contributed by atoms with Gasteiger partial charge in [0.1, 0.15) is 12.4 Å². The van der Waals surface area contributed by atoms with Crippen LogP contribution in [0, 0.1) is 18.7 Å². The van der Waals surface area contributed by atoms with Gasteiger partial charge in [0.2, 0.25) is 6.41 Å². The van der Waals surface area contributed by atoms with Crippen molar-refractivity contribution in [1.82, 2.24) is 4.90 Å². The summed E-state index contributed by atoms with van der Waals surface area (Å²) in [6.45, 7) is 8.26. The van der Waals surface area contributed by atoms with Gasteiger partial charge in [-0.15, -0.1) is 0 Å². The predicted octanol–water partition coefficient (Wildman–Crippen LogP) is 5.78. The first-order chi connectivity index (χ1) is 18.7. The molecule has 1 heterocycles. The number of hydrogen-bond acceptors (Lipinski definition) is 6. The monoisotopic (exact) mass is 561 g/mol. The number of benzene rings is 2. The Balaban J connectivity index is 2.03. The average Bonchev–Trinajstić information content (AvgIpc) is 2.94. The molecule has 0 bridgehead atoms. The molecule has 212 valence electrons. The van der Waals surface area contributed by atoms with E-state index in [0.29, 0.717) is 60.6 Å². The van der Waals surface area contributed by atoms with Crippen LogP contribution in [0.5, 0.6) is 0 Å². The summed E-state index contributed by atoms with van der Waals surface area (Å²) in [5, 5.41) is 12.1. The van der Waals surface area contributed by atoms with Crippen LogP contribution in [0.1, 0.15) is 67.1 Å². The van der Waals surface area contributed by atoms with Gasteiger partial charge in [-0.25, -0.2) is 4.39 Å². The van der Waals surface area contributed by atoms with Gasteiger partial charge in [0.25, 0.3) is 0 Å². The second kappa shape index (κ2) is 14.0. The van der Waals surface area contributed by atoms with E-state index in [0.717, 1.165) is 0 Å². The van der Waals surface area contributed by atoms with Crippen LogP contribution in [-0.4, -0.2) is 49.3 Å². The van der Waals surface area contributed by atoms with Crippen molar-refractivity contribution in [3.63, 3.8) is 0 Å². The van der Waals surface area contributed by atoms with Crippen LogP contribution in [0.2, 0.25) is 5.02 Å². The Morgan fingerprint density at radius 3 is 2.51 bits per heavy atom. The van der Waals surface area contributed by atoms with Gasteiger partial charge in [0.05, 0.1) is 18.1 Å². The third-order valence-electron chi connectivity index (χ3n) is 7.47. The van der Waals surface area contributed by atoms with Crippen molar-refractivity contribution in [2.75, 3.05) is 26.9 Å². The molecular formula is C30H37ClFNO6. The van der Waals surface area contributed by atoms with E-state index in [2.05, 4.69) is 6.58 Å². The van der Waals surface area contributed by atoms with E-state index in [4.69, 9.17) is 25.8 Å². The number of halogens is 2. The zero-order chi connectivity index (χ0) is 28.6. The van der Waals surface area contributed by atoms with Crippen LogP contribution < -0.4 is 0 Å². The Hall–Kier alpha value is -2.78. The number of carbonyl (C=O) groups excluding carboxylic acids is 2. The first-order valence-corrected chi connectivity index (χ1v) is 13.5. The molecule has 2 aromatic rings. The molecule has 9 heteroatoms. The fourth-order valence-electron chi connectivity index (χ4n) is 5.35. The Labute approximate surface area is 234 Å². The molecule has 1 N–H and O–H groups in total. The first-order valence-electron chi connectivity index (χ1n) is 13.1. The fraction of sp³-hybridized carbons (Fsp3) is 0.467. The van der Waals surface area contributed by atoms with Crippen LogP contribution in [-0.2, 0) is 29.4 Å². The van der Waals surface area contributed by atoms with Gasteiger partial charge in [0, 0.05) is 30.9 Å². The van der Waals surface area contributed by atoms with Gasteiger partial charge in [0.15, 0.2) is 6.23 Å². The second-order valence-electron chi connectivity index (χ2n) is 9.74. The molecule has 0 aromatic heterocycles. The molecule has 1 amide bonds. The molecule has 0 radical (unpaired) electrons. The number of aliphatic hydroxyl groups is 1. The van der Waals surface area contributed by atoms with E-state index >= 15 is 4.39 Å². The van der Waals surface area contributed by atoms with Gasteiger partial charge >= 0.3 is 5.97 Å². The van der Waals surface area contributed by atoms with Crippen molar-refractivity contribution in [1.29, 1.82) is 0 Å². The van der Waals surface area contributed by atoms with E-state index < -0.39 is 29.7 Å². The van der Waals surface area contributed by atoms with E-state index in [9.17, 15) is 14.7 Å². The molecule has 0 spiro atoms. The van der Waals surface area contributed by atoms with Crippen LogP contribution in [0.3, 0.4) is 0 Å². The molecule has 2 aromatic carbocycles. The Morgan fingerprint density at radius 1 is 1.31 bits per heavy atom. The summed E-state index contributed by atoms with van der Waals surface area (Å²) >= 11 is 6.06. The molecule has 1 fully saturated rings. The summed E-state index contributed by atoms with van der Waals surface area (Å²) < 4.78 is 32.3. The minimum absolute atomic E-state index is 0.0175. The number of aryl methyl sites for hydroxylation is 1. The second-order valence-corrected chi connectivity index (χ2v) is 10.2. The topological polar surface area (TPSA) is 85.3 Å². The summed E-state index contributed by atoms with van der Waals surface area (Å²) in [6, 6.07) is 8.92. The fourth-order valence-corrected chi connectivity index (χ4v) is 5.48. The highest BCUT2D eigenvalue weighted by Gasteiger charge is 2.39. The first kappa shape index (κ1) is 30.8. The van der Waals surface area contributed by atoms with Crippen molar-refractivity contribution in [2.24, 2.45) is 5.92 Å². The highest BCUT2D eigenvalue weighted by atomic mass is 35.5. The van der Waals surface area contributed by atoms with Gasteiger partial charge in [-0.3, -0.25) is 9.59 Å². The normalized spacial score (nSPS) is 17.1. The zero-order valence-electron chi connectivity index (χ0n) is 22.7. The van der Waals surface area contributed by atoms with Crippen molar-refractivity contribution >= 4 is 24.0 Å². The van der Waals surface area contributed by atoms with Crippen LogP contribution in [0.25, 0.3) is 0 Å². The summed E-state index contributed by atoms with van der Waals surface area (Å²) in [4.78, 5) is 26.4. The van der Waals surface area contributed by atoms with Crippen molar-refractivity contribution in [2.45, 2.75) is 57.4 Å². The van der Waals surface area contributed by atoms with E-state index in [1.807, 2.05) is 6.92 Å². The molecule has 1 saturated heterocycles. The maximum Gasteiger partial charge on any atom is 0.308 e. The Kier molecular flexibility index (Phi) is 11.1. The predicted molar refractivity (Wildman–Crippen MR) is 146 cm³/mol. The van der Waals surface area contributed by atoms with Crippen LogP contribution in [0.4, 0.5) is 4.39 Å². The molecule has 39 heavy (non-hydrogen) atoms. The minimum atomic E-state index is -1.22. The number of rotatable bonds is 13. The number of carbonyl (C=O) groups is 2. The van der Waals surface area contributed by atoms with Gasteiger partial charge < -0.3 is 24.2 Å².